The number of halogens is 1. The molecule has 2 aliphatic heterocycles. The number of β-amino-alcohol motifs (C(OH)–C–C–N with tert-alkyl or cyclic N) is 1. The summed E-state index contributed by atoms with van der Waals surface area (Å²) in [6.07, 6.45) is -0.791. The largest absolute Gasteiger partial charge is 0.390 e. The lowest BCUT2D eigenvalue weighted by Crippen LogP contribution is -2.50. The van der Waals surface area contributed by atoms with Crippen molar-refractivity contribution >= 4 is 11.8 Å². The zero-order chi connectivity index (χ0) is 20.4. The predicted octanol–water partition coefficient (Wildman–Crippen LogP) is 1.60. The minimum atomic E-state index is -0.791. The Kier molecular flexibility index (Phi) is 5.71. The summed E-state index contributed by atoms with van der Waals surface area (Å²) >= 11 is 0. The fourth-order valence-electron chi connectivity index (χ4n) is 3.95. The first kappa shape index (κ1) is 19.7. The molecule has 0 spiro atoms. The van der Waals surface area contributed by atoms with Crippen LogP contribution in [0.5, 0.6) is 0 Å². The van der Waals surface area contributed by atoms with Gasteiger partial charge in [0.2, 0.25) is 0 Å². The predicted molar refractivity (Wildman–Crippen MR) is 106 cm³/mol. The molecule has 0 saturated carbocycles. The van der Waals surface area contributed by atoms with Crippen molar-refractivity contribution in [3.05, 3.63) is 71.0 Å². The number of carbonyl (C=O) groups excluding carboxylic acids is 2. The molecule has 0 radical (unpaired) electrons. The summed E-state index contributed by atoms with van der Waals surface area (Å²) in [4.78, 5) is 30.4. The fraction of sp³-hybridized carbons (Fsp3) is 0.364. The van der Waals surface area contributed by atoms with E-state index in [1.165, 1.54) is 12.1 Å². The molecule has 1 unspecified atom stereocenters. The lowest BCUT2D eigenvalue weighted by atomic mass is 10.1. The summed E-state index contributed by atoms with van der Waals surface area (Å²) < 4.78 is 13.0. The van der Waals surface area contributed by atoms with Crippen LogP contribution in [0.1, 0.15) is 26.3 Å². The van der Waals surface area contributed by atoms with Crippen LogP contribution < -0.4 is 0 Å². The molecule has 1 atom stereocenters. The lowest BCUT2D eigenvalue weighted by Gasteiger charge is -2.36. The van der Waals surface area contributed by atoms with Crippen LogP contribution in [0.4, 0.5) is 4.39 Å². The van der Waals surface area contributed by atoms with Gasteiger partial charge in [0.15, 0.2) is 0 Å². The van der Waals surface area contributed by atoms with Gasteiger partial charge < -0.3 is 5.11 Å². The zero-order valence-corrected chi connectivity index (χ0v) is 16.1. The van der Waals surface area contributed by atoms with Gasteiger partial charge in [0.05, 0.1) is 23.8 Å². The monoisotopic (exact) mass is 397 g/mol. The van der Waals surface area contributed by atoms with Crippen LogP contribution in [0.3, 0.4) is 0 Å². The molecule has 0 aromatic heterocycles. The SMILES string of the molecule is O=C1c2ccccc2C(=O)N1CC(O)CN1CCN(Cc2ccc(F)cc2)CC1. The minimum Gasteiger partial charge on any atom is -0.390 e. The number of hydrogen-bond acceptors (Lipinski definition) is 5. The minimum absolute atomic E-state index is 0.00212. The first-order valence-electron chi connectivity index (χ1n) is 9.84. The Hall–Kier alpha value is -2.61. The Bertz CT molecular complexity index is 859. The van der Waals surface area contributed by atoms with Crippen molar-refractivity contribution in [3.63, 3.8) is 0 Å². The molecule has 2 aromatic rings. The standard InChI is InChI=1S/C22H24FN3O3/c23-17-7-5-16(6-8-17)13-24-9-11-25(12-10-24)14-18(27)15-26-21(28)19-3-1-2-4-20(19)22(26)29/h1-8,18,27H,9-15H2. The van der Waals surface area contributed by atoms with Crippen LogP contribution in [0.15, 0.2) is 48.5 Å². The van der Waals surface area contributed by atoms with Crippen molar-refractivity contribution in [3.8, 4) is 0 Å². The number of piperazine rings is 1. The van der Waals surface area contributed by atoms with Crippen LogP contribution in [0, 0.1) is 5.82 Å². The number of fused-ring (bicyclic) bond motifs is 1. The number of hydrogen-bond donors (Lipinski definition) is 1. The maximum atomic E-state index is 13.0. The van der Waals surface area contributed by atoms with E-state index in [9.17, 15) is 19.1 Å². The van der Waals surface area contributed by atoms with Crippen LogP contribution in [0.2, 0.25) is 0 Å². The zero-order valence-electron chi connectivity index (χ0n) is 16.1. The maximum Gasteiger partial charge on any atom is 0.261 e. The molecule has 1 fully saturated rings. The molecule has 29 heavy (non-hydrogen) atoms. The van der Waals surface area contributed by atoms with E-state index in [1.807, 2.05) is 0 Å². The van der Waals surface area contributed by atoms with Gasteiger partial charge in [0, 0.05) is 39.3 Å². The number of carbonyl (C=O) groups is 2. The van der Waals surface area contributed by atoms with E-state index < -0.39 is 6.10 Å². The normalized spacial score (nSPS) is 18.9. The highest BCUT2D eigenvalue weighted by atomic mass is 19.1. The highest BCUT2D eigenvalue weighted by Gasteiger charge is 2.36. The molecule has 2 amide bonds. The van der Waals surface area contributed by atoms with Gasteiger partial charge >= 0.3 is 0 Å². The molecule has 4 rings (SSSR count). The third-order valence-corrected chi connectivity index (χ3v) is 5.52. The summed E-state index contributed by atoms with van der Waals surface area (Å²) in [6.45, 7) is 4.46. The van der Waals surface area contributed by atoms with Crippen molar-refractivity contribution < 1.29 is 19.1 Å². The Morgan fingerprint density at radius 2 is 1.38 bits per heavy atom. The number of aliphatic hydroxyl groups excluding tert-OH is 1. The average Bonchev–Trinajstić information content (AvgIpc) is 2.96. The van der Waals surface area contributed by atoms with E-state index in [0.717, 1.165) is 43.2 Å². The first-order chi connectivity index (χ1) is 14.0. The van der Waals surface area contributed by atoms with Crippen LogP contribution in [-0.2, 0) is 6.54 Å². The Balaban J connectivity index is 1.25. The highest BCUT2D eigenvalue weighted by molar-refractivity contribution is 6.21. The number of imide groups is 1. The van der Waals surface area contributed by atoms with Crippen LogP contribution >= 0.6 is 0 Å². The molecule has 2 aliphatic rings. The summed E-state index contributed by atoms with van der Waals surface area (Å²) in [7, 11) is 0. The number of aliphatic hydroxyl groups is 1. The van der Waals surface area contributed by atoms with Crippen LogP contribution in [0.25, 0.3) is 0 Å². The topological polar surface area (TPSA) is 64.1 Å². The van der Waals surface area contributed by atoms with Crippen molar-refractivity contribution in [2.24, 2.45) is 0 Å². The smallest absolute Gasteiger partial charge is 0.261 e. The summed E-state index contributed by atoms with van der Waals surface area (Å²) in [5.41, 5.74) is 1.88. The van der Waals surface area contributed by atoms with E-state index >= 15 is 0 Å². The fourth-order valence-corrected chi connectivity index (χ4v) is 3.95. The van der Waals surface area contributed by atoms with Gasteiger partial charge in [-0.05, 0) is 29.8 Å². The van der Waals surface area contributed by atoms with Gasteiger partial charge in [-0.25, -0.2) is 4.39 Å². The third kappa shape index (κ3) is 4.37. The molecule has 1 N–H and O–H groups in total. The van der Waals surface area contributed by atoms with E-state index in [-0.39, 0.29) is 24.2 Å². The van der Waals surface area contributed by atoms with Gasteiger partial charge in [-0.15, -0.1) is 0 Å². The number of rotatable bonds is 6. The number of amides is 2. The maximum absolute atomic E-state index is 13.0. The molecule has 1 saturated heterocycles. The van der Waals surface area contributed by atoms with Gasteiger partial charge in [0.25, 0.3) is 11.8 Å². The van der Waals surface area contributed by atoms with Crippen molar-refractivity contribution in [1.82, 2.24) is 14.7 Å². The quantitative estimate of drug-likeness (QED) is 0.751. The molecular weight excluding hydrogens is 373 g/mol. The molecule has 7 heteroatoms. The van der Waals surface area contributed by atoms with Gasteiger partial charge in [-0.1, -0.05) is 24.3 Å². The van der Waals surface area contributed by atoms with Crippen LogP contribution in [-0.4, -0.2) is 77.0 Å². The molecule has 152 valence electrons. The van der Waals surface area contributed by atoms with Gasteiger partial charge in [0.1, 0.15) is 5.82 Å². The Morgan fingerprint density at radius 1 is 0.828 bits per heavy atom. The second-order valence-corrected chi connectivity index (χ2v) is 7.62. The van der Waals surface area contributed by atoms with Crippen molar-refractivity contribution in [2.75, 3.05) is 39.3 Å². The number of benzene rings is 2. The van der Waals surface area contributed by atoms with Gasteiger partial charge in [-0.2, -0.15) is 0 Å². The summed E-state index contributed by atoms with van der Waals surface area (Å²) in [5, 5.41) is 10.5. The highest BCUT2D eigenvalue weighted by Crippen LogP contribution is 2.22. The van der Waals surface area contributed by atoms with Crippen molar-refractivity contribution in [1.29, 1.82) is 0 Å². The van der Waals surface area contributed by atoms with E-state index in [2.05, 4.69) is 9.80 Å². The first-order valence-corrected chi connectivity index (χ1v) is 9.84. The second kappa shape index (κ2) is 8.41. The Morgan fingerprint density at radius 3 is 1.97 bits per heavy atom. The Labute approximate surface area is 169 Å². The molecule has 2 heterocycles. The third-order valence-electron chi connectivity index (χ3n) is 5.52. The van der Waals surface area contributed by atoms with E-state index in [4.69, 9.17) is 0 Å². The molecule has 0 bridgehead atoms. The molecule has 2 aromatic carbocycles. The van der Waals surface area contributed by atoms with E-state index in [0.29, 0.717) is 17.7 Å². The van der Waals surface area contributed by atoms with E-state index in [1.54, 1.807) is 36.4 Å². The summed E-state index contributed by atoms with van der Waals surface area (Å²) in [6, 6.07) is 13.3. The molecule has 6 nitrogen and oxygen atoms in total. The van der Waals surface area contributed by atoms with Gasteiger partial charge in [-0.3, -0.25) is 24.3 Å². The molecule has 0 aliphatic carbocycles. The summed E-state index contributed by atoms with van der Waals surface area (Å²) in [5.74, 6) is -0.909. The average molecular weight is 397 g/mol. The lowest BCUT2D eigenvalue weighted by molar-refractivity contribution is 0.0393. The number of nitrogens with zero attached hydrogens (tertiary/aromatic N) is 3. The second-order valence-electron chi connectivity index (χ2n) is 7.62. The van der Waals surface area contributed by atoms with Crippen molar-refractivity contribution in [2.45, 2.75) is 12.6 Å². The molecular formula is C22H24FN3O3.